The zero-order valence-corrected chi connectivity index (χ0v) is 17.3. The molecular formula is C24H28N2O4. The Labute approximate surface area is 177 Å². The third kappa shape index (κ3) is 4.99. The van der Waals surface area contributed by atoms with Crippen LogP contribution in [0.2, 0.25) is 0 Å². The molecule has 0 spiro atoms. The van der Waals surface area contributed by atoms with E-state index in [-0.39, 0.29) is 30.3 Å². The Morgan fingerprint density at radius 3 is 2.40 bits per heavy atom. The molecule has 2 heterocycles. The fourth-order valence-corrected chi connectivity index (χ4v) is 4.25. The number of ether oxygens (including phenoxy) is 2. The maximum atomic E-state index is 12.6. The van der Waals surface area contributed by atoms with Crippen LogP contribution in [0.15, 0.2) is 48.8 Å². The van der Waals surface area contributed by atoms with Crippen molar-refractivity contribution in [1.82, 2.24) is 9.88 Å². The summed E-state index contributed by atoms with van der Waals surface area (Å²) < 4.78 is 11.3. The number of rotatable bonds is 6. The number of carbonyl (C=O) groups is 2. The first kappa shape index (κ1) is 20.4. The summed E-state index contributed by atoms with van der Waals surface area (Å²) >= 11 is 0. The Morgan fingerprint density at radius 1 is 1.03 bits per heavy atom. The SMILES string of the molecule is CC1CCC(N2CC(C(=O)Oc3ccc(OCc4ccncc4)cc3)CC2=O)CC1. The maximum absolute atomic E-state index is 12.6. The van der Waals surface area contributed by atoms with E-state index in [1.165, 1.54) is 0 Å². The first-order valence-corrected chi connectivity index (χ1v) is 10.7. The predicted octanol–water partition coefficient (Wildman–Crippen LogP) is 3.99. The molecule has 2 fully saturated rings. The van der Waals surface area contributed by atoms with Gasteiger partial charge in [0.15, 0.2) is 0 Å². The van der Waals surface area contributed by atoms with E-state index in [1.807, 2.05) is 17.0 Å². The van der Waals surface area contributed by atoms with Crippen LogP contribution in [0.1, 0.15) is 44.6 Å². The zero-order valence-electron chi connectivity index (χ0n) is 17.3. The van der Waals surface area contributed by atoms with Gasteiger partial charge in [-0.3, -0.25) is 14.6 Å². The van der Waals surface area contributed by atoms with Gasteiger partial charge in [-0.25, -0.2) is 0 Å². The van der Waals surface area contributed by atoms with Gasteiger partial charge in [-0.2, -0.15) is 0 Å². The summed E-state index contributed by atoms with van der Waals surface area (Å²) in [5.74, 6) is 1.25. The smallest absolute Gasteiger partial charge is 0.316 e. The molecule has 1 atom stereocenters. The van der Waals surface area contributed by atoms with Crippen molar-refractivity contribution < 1.29 is 19.1 Å². The van der Waals surface area contributed by atoms with E-state index >= 15 is 0 Å². The molecule has 2 aromatic rings. The maximum Gasteiger partial charge on any atom is 0.316 e. The van der Waals surface area contributed by atoms with Crippen molar-refractivity contribution in [2.24, 2.45) is 11.8 Å². The van der Waals surface area contributed by atoms with Crippen LogP contribution < -0.4 is 9.47 Å². The molecule has 1 aliphatic carbocycles. The highest BCUT2D eigenvalue weighted by Crippen LogP contribution is 2.32. The summed E-state index contributed by atoms with van der Waals surface area (Å²) in [4.78, 5) is 30.9. The minimum atomic E-state index is -0.389. The summed E-state index contributed by atoms with van der Waals surface area (Å²) in [7, 11) is 0. The van der Waals surface area contributed by atoms with Crippen LogP contribution >= 0.6 is 0 Å². The van der Waals surface area contributed by atoms with Gasteiger partial charge in [-0.05, 0) is 73.6 Å². The molecule has 0 radical (unpaired) electrons. The van der Waals surface area contributed by atoms with Crippen molar-refractivity contribution in [3.05, 3.63) is 54.4 Å². The molecule has 6 heteroatoms. The predicted molar refractivity (Wildman–Crippen MR) is 112 cm³/mol. The van der Waals surface area contributed by atoms with Crippen molar-refractivity contribution in [3.63, 3.8) is 0 Å². The number of nitrogens with zero attached hydrogens (tertiary/aromatic N) is 2. The van der Waals surface area contributed by atoms with Crippen LogP contribution in [0.3, 0.4) is 0 Å². The average Bonchev–Trinajstić information content (AvgIpc) is 3.16. The molecule has 1 aromatic heterocycles. The normalized spacial score (nSPS) is 24.0. The van der Waals surface area contributed by atoms with Gasteiger partial charge >= 0.3 is 5.97 Å². The van der Waals surface area contributed by atoms with Crippen LogP contribution in [0, 0.1) is 11.8 Å². The van der Waals surface area contributed by atoms with E-state index in [0.717, 1.165) is 37.2 Å². The molecule has 30 heavy (non-hydrogen) atoms. The molecule has 4 rings (SSSR count). The van der Waals surface area contributed by atoms with Crippen LogP contribution in [0.25, 0.3) is 0 Å². The van der Waals surface area contributed by atoms with E-state index in [4.69, 9.17) is 9.47 Å². The summed E-state index contributed by atoms with van der Waals surface area (Å²) in [6.45, 7) is 3.18. The minimum absolute atomic E-state index is 0.0800. The average molecular weight is 408 g/mol. The molecule has 1 saturated carbocycles. The molecular weight excluding hydrogens is 380 g/mol. The van der Waals surface area contributed by atoms with Crippen molar-refractivity contribution >= 4 is 11.9 Å². The Morgan fingerprint density at radius 2 is 1.70 bits per heavy atom. The second kappa shape index (κ2) is 9.28. The van der Waals surface area contributed by atoms with Gasteiger partial charge in [0, 0.05) is 31.4 Å². The molecule has 1 amide bonds. The van der Waals surface area contributed by atoms with Gasteiger partial charge in [0.05, 0.1) is 5.92 Å². The third-order valence-corrected chi connectivity index (χ3v) is 6.11. The number of esters is 1. The van der Waals surface area contributed by atoms with Gasteiger partial charge in [-0.15, -0.1) is 0 Å². The fraction of sp³-hybridized carbons (Fsp3) is 0.458. The fourth-order valence-electron chi connectivity index (χ4n) is 4.25. The van der Waals surface area contributed by atoms with E-state index in [0.29, 0.717) is 24.7 Å². The van der Waals surface area contributed by atoms with Gasteiger partial charge < -0.3 is 14.4 Å². The second-order valence-electron chi connectivity index (χ2n) is 8.40. The van der Waals surface area contributed by atoms with Crippen LogP contribution in [0.5, 0.6) is 11.5 Å². The molecule has 1 saturated heterocycles. The lowest BCUT2D eigenvalue weighted by Crippen LogP contribution is -2.39. The molecule has 1 unspecified atom stereocenters. The van der Waals surface area contributed by atoms with Crippen molar-refractivity contribution in [2.75, 3.05) is 6.54 Å². The number of hydrogen-bond acceptors (Lipinski definition) is 5. The molecule has 1 aromatic carbocycles. The highest BCUT2D eigenvalue weighted by Gasteiger charge is 2.39. The van der Waals surface area contributed by atoms with Gasteiger partial charge in [0.2, 0.25) is 5.91 Å². The van der Waals surface area contributed by atoms with E-state index < -0.39 is 0 Å². The molecule has 6 nitrogen and oxygen atoms in total. The number of amides is 1. The summed E-state index contributed by atoms with van der Waals surface area (Å²) in [5.41, 5.74) is 1.03. The first-order valence-electron chi connectivity index (χ1n) is 10.7. The largest absolute Gasteiger partial charge is 0.489 e. The van der Waals surface area contributed by atoms with Gasteiger partial charge in [0.25, 0.3) is 0 Å². The topological polar surface area (TPSA) is 68.7 Å². The lowest BCUT2D eigenvalue weighted by Gasteiger charge is -2.33. The number of aromatic nitrogens is 1. The summed E-state index contributed by atoms with van der Waals surface area (Å²) in [5, 5.41) is 0. The monoisotopic (exact) mass is 408 g/mol. The molecule has 158 valence electrons. The summed E-state index contributed by atoms with van der Waals surface area (Å²) in [6, 6.07) is 11.1. The first-order chi connectivity index (χ1) is 14.6. The van der Waals surface area contributed by atoms with Gasteiger partial charge in [-0.1, -0.05) is 6.92 Å². The van der Waals surface area contributed by atoms with Crippen molar-refractivity contribution in [2.45, 2.75) is 51.7 Å². The number of carbonyl (C=O) groups excluding carboxylic acids is 2. The van der Waals surface area contributed by atoms with Crippen molar-refractivity contribution in [3.8, 4) is 11.5 Å². The number of likely N-dealkylation sites (tertiary alicyclic amines) is 1. The Kier molecular flexibility index (Phi) is 6.31. The van der Waals surface area contributed by atoms with E-state index in [9.17, 15) is 9.59 Å². The third-order valence-electron chi connectivity index (χ3n) is 6.11. The zero-order chi connectivity index (χ0) is 20.9. The summed E-state index contributed by atoms with van der Waals surface area (Å²) in [6.07, 6.45) is 8.08. The molecule has 1 aliphatic heterocycles. The van der Waals surface area contributed by atoms with Gasteiger partial charge in [0.1, 0.15) is 18.1 Å². The minimum Gasteiger partial charge on any atom is -0.489 e. The van der Waals surface area contributed by atoms with Crippen LogP contribution in [0.4, 0.5) is 0 Å². The Balaban J connectivity index is 1.28. The molecule has 0 bridgehead atoms. The van der Waals surface area contributed by atoms with E-state index in [2.05, 4.69) is 11.9 Å². The van der Waals surface area contributed by atoms with Crippen LogP contribution in [-0.2, 0) is 16.2 Å². The van der Waals surface area contributed by atoms with Crippen LogP contribution in [-0.4, -0.2) is 34.3 Å². The highest BCUT2D eigenvalue weighted by atomic mass is 16.5. The van der Waals surface area contributed by atoms with Crippen molar-refractivity contribution in [1.29, 1.82) is 0 Å². The number of benzene rings is 1. The highest BCUT2D eigenvalue weighted by molar-refractivity contribution is 5.87. The quantitative estimate of drug-likeness (QED) is 0.534. The number of pyridine rings is 1. The lowest BCUT2D eigenvalue weighted by atomic mass is 9.87. The number of hydrogen-bond donors (Lipinski definition) is 0. The molecule has 0 N–H and O–H groups in total. The Hall–Kier alpha value is -2.89. The standard InChI is InChI=1S/C24H28N2O4/c1-17-2-4-20(5-3-17)26-15-19(14-23(26)27)24(28)30-22-8-6-21(7-9-22)29-16-18-10-12-25-13-11-18/h6-13,17,19-20H,2-5,14-16H2,1H3. The van der Waals surface area contributed by atoms with E-state index in [1.54, 1.807) is 36.7 Å². The lowest BCUT2D eigenvalue weighted by molar-refractivity contribution is -0.139. The second-order valence-corrected chi connectivity index (χ2v) is 8.40. The Bertz CT molecular complexity index is 861. The molecule has 2 aliphatic rings.